The van der Waals surface area contributed by atoms with Crippen LogP contribution < -0.4 is 5.32 Å². The zero-order valence-corrected chi connectivity index (χ0v) is 13.3. The molecule has 6 heteroatoms. The van der Waals surface area contributed by atoms with Crippen molar-refractivity contribution in [3.8, 4) is 0 Å². The van der Waals surface area contributed by atoms with Gasteiger partial charge in [0.2, 0.25) is 0 Å². The van der Waals surface area contributed by atoms with Crippen molar-refractivity contribution in [3.63, 3.8) is 0 Å². The molecule has 3 rings (SSSR count). The number of carbonyl (C=O) groups excluding carboxylic acids is 1. The number of nitrogens with zero attached hydrogens (tertiary/aromatic N) is 2. The van der Waals surface area contributed by atoms with E-state index in [1.807, 2.05) is 12.1 Å². The first kappa shape index (κ1) is 16.4. The maximum absolute atomic E-state index is 13.3. The predicted octanol–water partition coefficient (Wildman–Crippen LogP) is 3.43. The van der Waals surface area contributed by atoms with Crippen LogP contribution in [0, 0.1) is 5.82 Å². The molecule has 1 aliphatic rings. The number of benzene rings is 1. The first-order chi connectivity index (χ1) is 11.7. The summed E-state index contributed by atoms with van der Waals surface area (Å²) >= 11 is 0. The first-order valence-electron chi connectivity index (χ1n) is 8.03. The van der Waals surface area contributed by atoms with E-state index in [2.05, 4.69) is 10.3 Å². The van der Waals surface area contributed by atoms with Crippen molar-refractivity contribution in [3.05, 3.63) is 60.2 Å². The Hall–Kier alpha value is -2.47. The van der Waals surface area contributed by atoms with Crippen molar-refractivity contribution in [2.45, 2.75) is 25.5 Å². The number of pyridine rings is 1. The lowest BCUT2D eigenvalue weighted by molar-refractivity contribution is 0.0819. The fraction of sp³-hybridized carbons (Fsp3) is 0.333. The van der Waals surface area contributed by atoms with Crippen molar-refractivity contribution in [2.24, 2.45) is 0 Å². The minimum Gasteiger partial charge on any atom is -0.376 e. The molecule has 0 spiro atoms. The largest absolute Gasteiger partial charge is 0.376 e. The predicted molar refractivity (Wildman–Crippen MR) is 89.0 cm³/mol. The molecule has 0 bridgehead atoms. The quantitative estimate of drug-likeness (QED) is 0.914. The average molecular weight is 329 g/mol. The maximum Gasteiger partial charge on any atom is 0.322 e. The molecule has 1 aliphatic heterocycles. The van der Waals surface area contributed by atoms with E-state index in [1.165, 1.54) is 12.1 Å². The van der Waals surface area contributed by atoms with E-state index in [-0.39, 0.29) is 18.0 Å². The Bertz CT molecular complexity index is 675. The molecule has 1 atom stereocenters. The van der Waals surface area contributed by atoms with Crippen LogP contribution in [0.4, 0.5) is 14.9 Å². The van der Waals surface area contributed by atoms with Crippen LogP contribution in [0.1, 0.15) is 18.4 Å². The summed E-state index contributed by atoms with van der Waals surface area (Å²) in [5.74, 6) is -0.384. The van der Waals surface area contributed by atoms with Gasteiger partial charge in [0.15, 0.2) is 0 Å². The third-order valence-electron chi connectivity index (χ3n) is 3.91. The second-order valence-corrected chi connectivity index (χ2v) is 5.82. The van der Waals surface area contributed by atoms with E-state index in [0.717, 1.165) is 25.0 Å². The van der Waals surface area contributed by atoms with Crippen LogP contribution in [0.5, 0.6) is 0 Å². The zero-order valence-electron chi connectivity index (χ0n) is 13.3. The number of hydrogen-bond donors (Lipinski definition) is 1. The molecule has 1 N–H and O–H groups in total. The van der Waals surface area contributed by atoms with E-state index in [4.69, 9.17) is 4.74 Å². The lowest BCUT2D eigenvalue weighted by Crippen LogP contribution is -2.39. The van der Waals surface area contributed by atoms with Crippen LogP contribution in [-0.2, 0) is 11.3 Å². The van der Waals surface area contributed by atoms with E-state index < -0.39 is 0 Å². The lowest BCUT2D eigenvalue weighted by Gasteiger charge is -2.25. The number of amides is 2. The normalized spacial score (nSPS) is 16.8. The number of rotatable bonds is 5. The number of aromatic nitrogens is 1. The Morgan fingerprint density at radius 3 is 3.00 bits per heavy atom. The molecule has 24 heavy (non-hydrogen) atoms. The molecule has 1 unspecified atom stereocenters. The summed E-state index contributed by atoms with van der Waals surface area (Å²) < 4.78 is 18.9. The number of nitrogens with one attached hydrogen (secondary N) is 1. The van der Waals surface area contributed by atoms with Crippen LogP contribution in [0.25, 0.3) is 0 Å². The molecule has 0 saturated carbocycles. The summed E-state index contributed by atoms with van der Waals surface area (Å²) in [6, 6.07) is 9.35. The van der Waals surface area contributed by atoms with Gasteiger partial charge in [-0.1, -0.05) is 12.1 Å². The number of carbonyl (C=O) groups is 1. The highest BCUT2D eigenvalue weighted by atomic mass is 19.1. The number of hydrogen-bond acceptors (Lipinski definition) is 3. The minimum atomic E-state index is -0.384. The standard InChI is InChI=1S/C18H20FN3O2/c19-15-5-1-6-16(10-15)21-18(23)22(13-17-7-3-9-24-17)12-14-4-2-8-20-11-14/h1-2,4-6,8,10-11,17H,3,7,9,12-13H2,(H,21,23). The summed E-state index contributed by atoms with van der Waals surface area (Å²) in [5.41, 5.74) is 1.37. The first-order valence-corrected chi connectivity index (χ1v) is 8.03. The number of urea groups is 1. The number of ether oxygens (including phenoxy) is 1. The average Bonchev–Trinajstić information content (AvgIpc) is 3.08. The highest BCUT2D eigenvalue weighted by Crippen LogP contribution is 2.17. The van der Waals surface area contributed by atoms with Crippen LogP contribution in [0.2, 0.25) is 0 Å². The molecule has 1 saturated heterocycles. The number of anilines is 1. The van der Waals surface area contributed by atoms with E-state index in [1.54, 1.807) is 29.4 Å². The summed E-state index contributed by atoms with van der Waals surface area (Å²) in [4.78, 5) is 18.4. The molecular formula is C18H20FN3O2. The number of halogens is 1. The van der Waals surface area contributed by atoms with Gasteiger partial charge in [0.25, 0.3) is 0 Å². The Morgan fingerprint density at radius 2 is 2.29 bits per heavy atom. The Morgan fingerprint density at radius 1 is 1.38 bits per heavy atom. The van der Waals surface area contributed by atoms with Gasteiger partial charge < -0.3 is 15.0 Å². The fourth-order valence-corrected chi connectivity index (χ4v) is 2.73. The van der Waals surface area contributed by atoms with Gasteiger partial charge in [-0.2, -0.15) is 0 Å². The second-order valence-electron chi connectivity index (χ2n) is 5.82. The molecule has 5 nitrogen and oxygen atoms in total. The highest BCUT2D eigenvalue weighted by Gasteiger charge is 2.23. The highest BCUT2D eigenvalue weighted by molar-refractivity contribution is 5.89. The molecule has 2 amide bonds. The Labute approximate surface area is 140 Å². The molecule has 0 radical (unpaired) electrons. The van der Waals surface area contributed by atoms with Gasteiger partial charge >= 0.3 is 6.03 Å². The molecule has 1 aromatic carbocycles. The zero-order chi connectivity index (χ0) is 16.8. The minimum absolute atomic E-state index is 0.0416. The van der Waals surface area contributed by atoms with Gasteiger partial charge in [0.05, 0.1) is 6.10 Å². The van der Waals surface area contributed by atoms with Gasteiger partial charge in [-0.25, -0.2) is 9.18 Å². The summed E-state index contributed by atoms with van der Waals surface area (Å²) in [6.45, 7) is 1.65. The topological polar surface area (TPSA) is 54.5 Å². The Balaban J connectivity index is 1.70. The van der Waals surface area contributed by atoms with Crippen molar-refractivity contribution in [1.82, 2.24) is 9.88 Å². The van der Waals surface area contributed by atoms with Crippen LogP contribution in [-0.4, -0.2) is 35.2 Å². The Kier molecular flexibility index (Phi) is 5.38. The van der Waals surface area contributed by atoms with Crippen LogP contribution in [0.3, 0.4) is 0 Å². The van der Waals surface area contributed by atoms with Gasteiger partial charge in [-0.15, -0.1) is 0 Å². The second kappa shape index (κ2) is 7.88. The fourth-order valence-electron chi connectivity index (χ4n) is 2.73. The summed E-state index contributed by atoms with van der Waals surface area (Å²) in [7, 11) is 0. The molecule has 1 aromatic heterocycles. The molecular weight excluding hydrogens is 309 g/mol. The van der Waals surface area contributed by atoms with E-state index in [9.17, 15) is 9.18 Å². The van der Waals surface area contributed by atoms with Crippen molar-refractivity contribution in [1.29, 1.82) is 0 Å². The lowest BCUT2D eigenvalue weighted by atomic mass is 10.2. The van der Waals surface area contributed by atoms with E-state index >= 15 is 0 Å². The molecule has 126 valence electrons. The van der Waals surface area contributed by atoms with Gasteiger partial charge in [0.1, 0.15) is 5.82 Å². The summed E-state index contributed by atoms with van der Waals surface area (Å²) in [5, 5.41) is 2.75. The molecule has 2 aromatic rings. The van der Waals surface area contributed by atoms with Crippen LogP contribution >= 0.6 is 0 Å². The smallest absolute Gasteiger partial charge is 0.322 e. The summed E-state index contributed by atoms with van der Waals surface area (Å²) in [6.07, 6.45) is 5.42. The van der Waals surface area contributed by atoms with Crippen molar-refractivity contribution < 1.29 is 13.9 Å². The SMILES string of the molecule is O=C(Nc1cccc(F)c1)N(Cc1cccnc1)CC1CCCO1. The molecule has 0 aliphatic carbocycles. The van der Waals surface area contributed by atoms with Crippen molar-refractivity contribution >= 4 is 11.7 Å². The van der Waals surface area contributed by atoms with Gasteiger partial charge in [0, 0.05) is 37.8 Å². The van der Waals surface area contributed by atoms with E-state index in [0.29, 0.717) is 18.8 Å². The van der Waals surface area contributed by atoms with Crippen LogP contribution in [0.15, 0.2) is 48.8 Å². The van der Waals surface area contributed by atoms with Gasteiger partial charge in [-0.05, 0) is 42.7 Å². The third kappa shape index (κ3) is 4.52. The maximum atomic E-state index is 13.3. The van der Waals surface area contributed by atoms with Gasteiger partial charge in [-0.3, -0.25) is 4.98 Å². The molecule has 2 heterocycles. The monoisotopic (exact) mass is 329 g/mol. The van der Waals surface area contributed by atoms with Crippen molar-refractivity contribution in [2.75, 3.05) is 18.5 Å². The third-order valence-corrected chi connectivity index (χ3v) is 3.91. The molecule has 1 fully saturated rings.